The van der Waals surface area contributed by atoms with Gasteiger partial charge in [-0.05, 0) is 37.0 Å². The van der Waals surface area contributed by atoms with E-state index in [1.165, 1.54) is 28.2 Å². The van der Waals surface area contributed by atoms with E-state index >= 15 is 0 Å². The van der Waals surface area contributed by atoms with E-state index in [-0.39, 0.29) is 0 Å². The third kappa shape index (κ3) is 1.13. The highest BCUT2D eigenvalue weighted by atomic mass is 14.3. The Bertz CT molecular complexity index is 358. The van der Waals surface area contributed by atoms with E-state index < -0.39 is 0 Å². The second-order valence-corrected chi connectivity index (χ2v) is 3.63. The van der Waals surface area contributed by atoms with Gasteiger partial charge in [-0.2, -0.15) is 0 Å². The largest absolute Gasteiger partial charge is 0.0642 e. The third-order valence-corrected chi connectivity index (χ3v) is 3.02. The lowest BCUT2D eigenvalue weighted by molar-refractivity contribution is 0.989. The number of hydrogen-bond acceptors (Lipinski definition) is 0. The second kappa shape index (κ2) is 3.02. The smallest absolute Gasteiger partial charge is 0.0302 e. The SMILES string of the molecule is CC[C]1C(C)=C(C)c2ccccc21. The van der Waals surface area contributed by atoms with Gasteiger partial charge in [0.05, 0.1) is 0 Å². The van der Waals surface area contributed by atoms with Crippen molar-refractivity contribution < 1.29 is 0 Å². The average molecular weight is 171 g/mol. The van der Waals surface area contributed by atoms with Gasteiger partial charge in [0.25, 0.3) is 0 Å². The lowest BCUT2D eigenvalue weighted by Gasteiger charge is -2.09. The molecular formula is C13H15. The minimum Gasteiger partial charge on any atom is -0.0642 e. The average Bonchev–Trinajstić information content (AvgIpc) is 2.41. The molecule has 1 aliphatic rings. The summed E-state index contributed by atoms with van der Waals surface area (Å²) >= 11 is 0. The molecule has 0 atom stereocenters. The van der Waals surface area contributed by atoms with Crippen LogP contribution in [0, 0.1) is 5.92 Å². The summed E-state index contributed by atoms with van der Waals surface area (Å²) in [5.74, 6) is 1.52. The molecule has 0 heterocycles. The van der Waals surface area contributed by atoms with Crippen LogP contribution in [0.4, 0.5) is 0 Å². The van der Waals surface area contributed by atoms with Crippen molar-refractivity contribution in [1.29, 1.82) is 0 Å². The minimum absolute atomic E-state index is 1.14. The maximum absolute atomic E-state index is 2.23. The molecule has 67 valence electrons. The van der Waals surface area contributed by atoms with Crippen LogP contribution in [0.15, 0.2) is 29.8 Å². The molecule has 0 aromatic heterocycles. The molecule has 0 heteroatoms. The summed E-state index contributed by atoms with van der Waals surface area (Å²) in [6, 6.07) is 8.69. The Morgan fingerprint density at radius 2 is 1.54 bits per heavy atom. The molecular weight excluding hydrogens is 156 g/mol. The zero-order valence-electron chi connectivity index (χ0n) is 8.52. The van der Waals surface area contributed by atoms with Gasteiger partial charge in [-0.3, -0.25) is 0 Å². The molecule has 0 unspecified atom stereocenters. The van der Waals surface area contributed by atoms with Gasteiger partial charge in [-0.1, -0.05) is 36.8 Å². The first-order valence-electron chi connectivity index (χ1n) is 4.89. The number of benzene rings is 1. The molecule has 0 nitrogen and oxygen atoms in total. The van der Waals surface area contributed by atoms with Crippen molar-refractivity contribution in [3.05, 3.63) is 46.9 Å². The fraction of sp³-hybridized carbons (Fsp3) is 0.308. The van der Waals surface area contributed by atoms with Crippen LogP contribution in [0.25, 0.3) is 5.57 Å². The molecule has 0 bridgehead atoms. The molecule has 0 fully saturated rings. The van der Waals surface area contributed by atoms with Gasteiger partial charge in [-0.25, -0.2) is 0 Å². The molecule has 0 amide bonds. The van der Waals surface area contributed by atoms with E-state index in [1.54, 1.807) is 0 Å². The molecule has 0 spiro atoms. The van der Waals surface area contributed by atoms with E-state index in [9.17, 15) is 0 Å². The van der Waals surface area contributed by atoms with Crippen molar-refractivity contribution in [1.82, 2.24) is 0 Å². The van der Waals surface area contributed by atoms with Crippen LogP contribution >= 0.6 is 0 Å². The highest BCUT2D eigenvalue weighted by Gasteiger charge is 2.24. The summed E-state index contributed by atoms with van der Waals surface area (Å²) in [7, 11) is 0. The summed E-state index contributed by atoms with van der Waals surface area (Å²) in [6.07, 6.45) is 1.14. The number of rotatable bonds is 1. The summed E-state index contributed by atoms with van der Waals surface area (Å²) in [6.45, 7) is 6.68. The maximum atomic E-state index is 2.23. The number of allylic oxidation sites excluding steroid dienone is 2. The van der Waals surface area contributed by atoms with Gasteiger partial charge in [0.1, 0.15) is 0 Å². The zero-order valence-corrected chi connectivity index (χ0v) is 8.52. The number of hydrogen-bond donors (Lipinski definition) is 0. The van der Waals surface area contributed by atoms with E-state index in [1.807, 2.05) is 0 Å². The Morgan fingerprint density at radius 3 is 2.15 bits per heavy atom. The summed E-state index contributed by atoms with van der Waals surface area (Å²) in [4.78, 5) is 0. The Hall–Kier alpha value is -1.04. The second-order valence-electron chi connectivity index (χ2n) is 3.63. The van der Waals surface area contributed by atoms with Gasteiger partial charge < -0.3 is 0 Å². The van der Waals surface area contributed by atoms with Crippen molar-refractivity contribution in [2.75, 3.05) is 0 Å². The van der Waals surface area contributed by atoms with Crippen LogP contribution in [-0.2, 0) is 0 Å². The summed E-state index contributed by atoms with van der Waals surface area (Å²) < 4.78 is 0. The van der Waals surface area contributed by atoms with Gasteiger partial charge in [-0.15, -0.1) is 0 Å². The molecule has 0 saturated heterocycles. The predicted molar refractivity (Wildman–Crippen MR) is 57.3 cm³/mol. The Morgan fingerprint density at radius 1 is 0.923 bits per heavy atom. The van der Waals surface area contributed by atoms with E-state index in [2.05, 4.69) is 45.0 Å². The van der Waals surface area contributed by atoms with Crippen molar-refractivity contribution in [2.24, 2.45) is 0 Å². The first-order chi connectivity index (χ1) is 6.25. The van der Waals surface area contributed by atoms with Crippen molar-refractivity contribution in [2.45, 2.75) is 27.2 Å². The lowest BCUT2D eigenvalue weighted by atomic mass is 9.94. The molecule has 1 aromatic rings. The minimum atomic E-state index is 1.14. The van der Waals surface area contributed by atoms with Gasteiger partial charge in [0.2, 0.25) is 0 Å². The van der Waals surface area contributed by atoms with Gasteiger partial charge >= 0.3 is 0 Å². The molecule has 1 radical (unpaired) electrons. The molecule has 1 aliphatic carbocycles. The molecule has 0 N–H and O–H groups in total. The third-order valence-electron chi connectivity index (χ3n) is 3.02. The predicted octanol–water partition coefficient (Wildman–Crippen LogP) is 3.83. The summed E-state index contributed by atoms with van der Waals surface area (Å²) in [5, 5.41) is 0. The van der Waals surface area contributed by atoms with E-state index in [0.29, 0.717) is 0 Å². The lowest BCUT2D eigenvalue weighted by Crippen LogP contribution is -1.94. The summed E-state index contributed by atoms with van der Waals surface area (Å²) in [5.41, 5.74) is 5.80. The highest BCUT2D eigenvalue weighted by Crippen LogP contribution is 2.41. The van der Waals surface area contributed by atoms with Crippen LogP contribution < -0.4 is 0 Å². The normalized spacial score (nSPS) is 16.5. The molecule has 13 heavy (non-hydrogen) atoms. The van der Waals surface area contributed by atoms with Crippen LogP contribution in [-0.4, -0.2) is 0 Å². The van der Waals surface area contributed by atoms with Crippen molar-refractivity contribution >= 4 is 5.57 Å². The van der Waals surface area contributed by atoms with Crippen LogP contribution in [0.1, 0.15) is 38.3 Å². The Labute approximate surface area is 80.3 Å². The first-order valence-corrected chi connectivity index (χ1v) is 4.89. The van der Waals surface area contributed by atoms with Crippen LogP contribution in [0.2, 0.25) is 0 Å². The molecule has 0 aliphatic heterocycles. The fourth-order valence-electron chi connectivity index (χ4n) is 2.16. The van der Waals surface area contributed by atoms with E-state index in [4.69, 9.17) is 0 Å². The topological polar surface area (TPSA) is 0 Å². The van der Waals surface area contributed by atoms with Gasteiger partial charge in [0.15, 0.2) is 0 Å². The fourth-order valence-corrected chi connectivity index (χ4v) is 2.16. The van der Waals surface area contributed by atoms with E-state index in [0.717, 1.165) is 6.42 Å². The van der Waals surface area contributed by atoms with Crippen molar-refractivity contribution in [3.63, 3.8) is 0 Å². The highest BCUT2D eigenvalue weighted by molar-refractivity contribution is 5.81. The maximum Gasteiger partial charge on any atom is 0.0302 e. The van der Waals surface area contributed by atoms with Crippen molar-refractivity contribution in [3.8, 4) is 0 Å². The Kier molecular flexibility index (Phi) is 1.99. The number of fused-ring (bicyclic) bond motifs is 1. The quantitative estimate of drug-likeness (QED) is 0.602. The Balaban J connectivity index is 2.59. The molecule has 0 saturated carbocycles. The molecule has 2 rings (SSSR count). The van der Waals surface area contributed by atoms with Crippen LogP contribution in [0.5, 0.6) is 0 Å². The molecule has 1 aromatic carbocycles. The van der Waals surface area contributed by atoms with Gasteiger partial charge in [0, 0.05) is 5.92 Å². The zero-order chi connectivity index (χ0) is 9.42. The van der Waals surface area contributed by atoms with Crippen LogP contribution in [0.3, 0.4) is 0 Å². The first kappa shape index (κ1) is 8.55. The monoisotopic (exact) mass is 171 g/mol. The standard InChI is InChI=1S/C13H15/c1-4-11-9(2)10(3)12-7-5-6-8-13(11)12/h5-8H,4H2,1-3H3.